The van der Waals surface area contributed by atoms with Crippen LogP contribution in [0.5, 0.6) is 0 Å². The molecule has 0 amide bonds. The zero-order chi connectivity index (χ0) is 8.55. The van der Waals surface area contributed by atoms with Gasteiger partial charge in [-0.25, -0.2) is 15.0 Å². The number of hydrogen-bond acceptors (Lipinski definition) is 3. The summed E-state index contributed by atoms with van der Waals surface area (Å²) in [4.78, 5) is 12.5. The second-order valence-corrected chi connectivity index (χ2v) is 2.67. The Bertz CT molecular complexity index is 366. The van der Waals surface area contributed by atoms with Crippen LogP contribution in [0.2, 0.25) is 0 Å². The van der Waals surface area contributed by atoms with Crippen molar-refractivity contribution in [3.05, 3.63) is 18.3 Å². The van der Waals surface area contributed by atoms with E-state index >= 15 is 0 Å². The zero-order valence-electron chi connectivity index (χ0n) is 7.15. The normalized spacial score (nSPS) is 10.8. The lowest BCUT2D eigenvalue weighted by atomic mass is 10.3. The minimum absolute atomic E-state index is 0.856. The van der Waals surface area contributed by atoms with Gasteiger partial charge in [-0.3, -0.25) is 0 Å². The first-order chi connectivity index (χ1) is 5.83. The predicted octanol–water partition coefficient (Wildman–Crippen LogP) is 0.877. The first-order valence-electron chi connectivity index (χ1n) is 3.94. The van der Waals surface area contributed by atoms with Crippen LogP contribution < -0.4 is 0 Å². The van der Waals surface area contributed by atoms with Crippen LogP contribution in [0.3, 0.4) is 0 Å². The molecule has 4 nitrogen and oxygen atoms in total. The number of hydrogen-bond donors (Lipinski definition) is 0. The molecule has 0 aromatic rings. The minimum Gasteiger partial charge on any atom is -0.316 e. The maximum atomic E-state index is 4.26. The summed E-state index contributed by atoms with van der Waals surface area (Å²) >= 11 is 0. The van der Waals surface area contributed by atoms with Gasteiger partial charge in [0.15, 0.2) is 5.82 Å². The SMILES string of the molecule is CCc1ncc2ncnc-2n1C. The monoisotopic (exact) mass is 162 g/mol. The van der Waals surface area contributed by atoms with Gasteiger partial charge in [0.2, 0.25) is 0 Å². The van der Waals surface area contributed by atoms with Crippen molar-refractivity contribution in [2.45, 2.75) is 13.3 Å². The summed E-state index contributed by atoms with van der Waals surface area (Å²) < 4.78 is 1.97. The molecule has 0 atom stereocenters. The van der Waals surface area contributed by atoms with Crippen LogP contribution in [0.25, 0.3) is 11.5 Å². The highest BCUT2D eigenvalue weighted by molar-refractivity contribution is 5.49. The van der Waals surface area contributed by atoms with Crippen LogP contribution in [0.1, 0.15) is 12.7 Å². The Labute approximate surface area is 70.6 Å². The number of rotatable bonds is 1. The molecule has 0 radical (unpaired) electrons. The average Bonchev–Trinajstić information content (AvgIpc) is 2.53. The van der Waals surface area contributed by atoms with Gasteiger partial charge in [-0.15, -0.1) is 0 Å². The molecule has 0 fully saturated rings. The number of nitrogens with zero attached hydrogens (tertiary/aromatic N) is 4. The molecule has 0 aliphatic carbocycles. The highest BCUT2D eigenvalue weighted by Crippen LogP contribution is 2.15. The Balaban J connectivity index is 2.70. The van der Waals surface area contributed by atoms with Crippen LogP contribution in [-0.2, 0) is 13.5 Å². The quantitative estimate of drug-likeness (QED) is 0.625. The molecule has 2 rings (SSSR count). The standard InChI is InChI=1S/C8H10N4/c1-3-7-9-4-6-8(12(7)2)11-5-10-6/h4-5H,3H2,1-2H3. The molecule has 0 aromatic heterocycles. The largest absolute Gasteiger partial charge is 0.316 e. The topological polar surface area (TPSA) is 43.6 Å². The third-order valence-corrected chi connectivity index (χ3v) is 1.96. The van der Waals surface area contributed by atoms with E-state index in [4.69, 9.17) is 0 Å². The Morgan fingerprint density at radius 2 is 2.17 bits per heavy atom. The van der Waals surface area contributed by atoms with Crippen molar-refractivity contribution >= 4 is 0 Å². The van der Waals surface area contributed by atoms with Crippen molar-refractivity contribution in [1.29, 1.82) is 0 Å². The van der Waals surface area contributed by atoms with E-state index in [-0.39, 0.29) is 0 Å². The van der Waals surface area contributed by atoms with Gasteiger partial charge in [0.05, 0.1) is 6.20 Å². The Morgan fingerprint density at radius 1 is 1.33 bits per heavy atom. The van der Waals surface area contributed by atoms with Crippen LogP contribution >= 0.6 is 0 Å². The molecule has 0 spiro atoms. The molecule has 0 N–H and O–H groups in total. The summed E-state index contributed by atoms with van der Waals surface area (Å²) in [6.07, 6.45) is 4.24. The molecule has 0 saturated heterocycles. The highest BCUT2D eigenvalue weighted by atomic mass is 15.1. The highest BCUT2D eigenvalue weighted by Gasteiger charge is 2.10. The molecule has 62 valence electrons. The maximum Gasteiger partial charge on any atom is 0.163 e. The average molecular weight is 162 g/mol. The van der Waals surface area contributed by atoms with Gasteiger partial charge in [-0.05, 0) is 0 Å². The van der Waals surface area contributed by atoms with Gasteiger partial charge < -0.3 is 4.57 Å². The fraction of sp³-hybridized carbons (Fsp3) is 0.375. The van der Waals surface area contributed by atoms with Crippen molar-refractivity contribution in [2.24, 2.45) is 7.05 Å². The van der Waals surface area contributed by atoms with E-state index < -0.39 is 0 Å². The van der Waals surface area contributed by atoms with Crippen LogP contribution in [0.4, 0.5) is 0 Å². The predicted molar refractivity (Wildman–Crippen MR) is 44.8 cm³/mol. The molecule has 4 heteroatoms. The Hall–Kier alpha value is -1.45. The van der Waals surface area contributed by atoms with E-state index in [0.717, 1.165) is 23.8 Å². The lowest BCUT2D eigenvalue weighted by Gasteiger charge is -2.08. The zero-order valence-corrected chi connectivity index (χ0v) is 7.15. The maximum absolute atomic E-state index is 4.26. The summed E-state index contributed by atoms with van der Waals surface area (Å²) in [5.41, 5.74) is 0.856. The van der Waals surface area contributed by atoms with E-state index in [0.29, 0.717) is 0 Å². The van der Waals surface area contributed by atoms with Crippen molar-refractivity contribution in [3.8, 4) is 11.5 Å². The number of imidazole rings is 1. The van der Waals surface area contributed by atoms with E-state index in [1.807, 2.05) is 11.6 Å². The number of aryl methyl sites for hydroxylation is 1. The summed E-state index contributed by atoms with van der Waals surface area (Å²) in [7, 11) is 1.96. The van der Waals surface area contributed by atoms with Crippen LogP contribution in [0, 0.1) is 0 Å². The second-order valence-electron chi connectivity index (χ2n) is 2.67. The van der Waals surface area contributed by atoms with Gasteiger partial charge in [0, 0.05) is 13.5 Å². The van der Waals surface area contributed by atoms with Crippen molar-refractivity contribution in [2.75, 3.05) is 0 Å². The van der Waals surface area contributed by atoms with E-state index in [1.54, 1.807) is 12.5 Å². The van der Waals surface area contributed by atoms with Gasteiger partial charge in [-0.1, -0.05) is 6.92 Å². The Kier molecular flexibility index (Phi) is 1.53. The van der Waals surface area contributed by atoms with E-state index in [9.17, 15) is 0 Å². The molecule has 0 bridgehead atoms. The second kappa shape index (κ2) is 2.55. The van der Waals surface area contributed by atoms with Crippen LogP contribution in [0.15, 0.2) is 12.5 Å². The molecular weight excluding hydrogens is 152 g/mol. The molecule has 0 unspecified atom stereocenters. The van der Waals surface area contributed by atoms with Gasteiger partial charge >= 0.3 is 0 Å². The third kappa shape index (κ3) is 0.879. The summed E-state index contributed by atoms with van der Waals surface area (Å²) in [5.74, 6) is 1.94. The van der Waals surface area contributed by atoms with Crippen molar-refractivity contribution < 1.29 is 0 Å². The molecule has 2 heterocycles. The van der Waals surface area contributed by atoms with Gasteiger partial charge in [0.1, 0.15) is 17.8 Å². The van der Waals surface area contributed by atoms with Crippen molar-refractivity contribution in [3.63, 3.8) is 0 Å². The smallest absolute Gasteiger partial charge is 0.163 e. The molecule has 2 aliphatic heterocycles. The molecular formula is C8H10N4. The van der Waals surface area contributed by atoms with Crippen LogP contribution in [-0.4, -0.2) is 19.5 Å². The lowest BCUT2D eigenvalue weighted by molar-refractivity contribution is 0.758. The minimum atomic E-state index is 0.856. The molecule has 0 aromatic carbocycles. The Morgan fingerprint density at radius 3 is 2.92 bits per heavy atom. The molecule has 12 heavy (non-hydrogen) atoms. The molecule has 2 aliphatic rings. The lowest BCUT2D eigenvalue weighted by Crippen LogP contribution is -2.07. The third-order valence-electron chi connectivity index (χ3n) is 1.96. The van der Waals surface area contributed by atoms with E-state index in [1.165, 1.54) is 0 Å². The van der Waals surface area contributed by atoms with Gasteiger partial charge in [-0.2, -0.15) is 0 Å². The first-order valence-corrected chi connectivity index (χ1v) is 3.94. The molecule has 0 saturated carbocycles. The number of aromatic nitrogens is 4. The summed E-state index contributed by atoms with van der Waals surface area (Å²) in [5, 5.41) is 0. The first kappa shape index (κ1) is 7.21. The fourth-order valence-electron chi connectivity index (χ4n) is 1.29. The van der Waals surface area contributed by atoms with Crippen molar-refractivity contribution in [1.82, 2.24) is 19.5 Å². The van der Waals surface area contributed by atoms with Gasteiger partial charge in [0.25, 0.3) is 0 Å². The summed E-state index contributed by atoms with van der Waals surface area (Å²) in [6, 6.07) is 0. The van der Waals surface area contributed by atoms with E-state index in [2.05, 4.69) is 21.9 Å². The number of fused-ring (bicyclic) bond motifs is 1. The summed E-state index contributed by atoms with van der Waals surface area (Å²) in [6.45, 7) is 2.07. The fourth-order valence-corrected chi connectivity index (χ4v) is 1.29.